The van der Waals surface area contributed by atoms with E-state index in [1.165, 1.54) is 0 Å². The van der Waals surface area contributed by atoms with Gasteiger partial charge in [-0.15, -0.1) is 0 Å². The lowest BCUT2D eigenvalue weighted by Gasteiger charge is -2.40. The fourth-order valence-electron chi connectivity index (χ4n) is 2.97. The molecular weight excluding hydrogens is 511 g/mol. The third-order valence-corrected chi connectivity index (χ3v) is 4.84. The Kier molecular flexibility index (Phi) is 6.99. The zero-order valence-electron chi connectivity index (χ0n) is 15.6. The van der Waals surface area contributed by atoms with Gasteiger partial charge in [0.15, 0.2) is 6.29 Å². The van der Waals surface area contributed by atoms with Crippen molar-refractivity contribution in [3.63, 3.8) is 0 Å². The maximum absolute atomic E-state index is 14.2. The zero-order chi connectivity index (χ0) is 26.0. The Morgan fingerprint density at radius 2 is 1.15 bits per heavy atom. The van der Waals surface area contributed by atoms with Gasteiger partial charge in [0.2, 0.25) is 6.29 Å². The van der Waals surface area contributed by atoms with Crippen molar-refractivity contribution in [3.05, 3.63) is 0 Å². The molecule has 0 aliphatic carbocycles. The summed E-state index contributed by atoms with van der Waals surface area (Å²) in [4.78, 5) is 0. The highest BCUT2D eigenvalue weighted by molar-refractivity contribution is 5.12. The molecule has 0 unspecified atom stereocenters. The minimum Gasteiger partial charge on any atom is -0.394 e. The van der Waals surface area contributed by atoms with Crippen LogP contribution in [0.2, 0.25) is 0 Å². The van der Waals surface area contributed by atoms with Gasteiger partial charge < -0.3 is 29.2 Å². The number of ether oxygens (including phenoxy) is 4. The minimum absolute atomic E-state index is 0.863. The van der Waals surface area contributed by atoms with E-state index in [0.29, 0.717) is 0 Å². The topological polar surface area (TPSA) is 77.4 Å². The normalized spacial score (nSPS) is 32.7. The van der Waals surface area contributed by atoms with Crippen LogP contribution < -0.4 is 0 Å². The molecule has 0 bridgehead atoms. The predicted molar refractivity (Wildman–Crippen MR) is 73.1 cm³/mol. The van der Waals surface area contributed by atoms with Crippen LogP contribution >= 0.6 is 0 Å². The minimum atomic E-state index is -8.08. The standard InChI is InChI=1S/C14H13F13O6/c1-30-7-4(29)6-5(3(2-28)31-7)32-8(33-6)9(15,16)10(17,18)11(19,20)12(21,22)13(23,24)14(25,26)27/h3-8,28-29H,2H2,1H3/t3-,4+,5-,6+,7+,8+/m1/s1. The van der Waals surface area contributed by atoms with Gasteiger partial charge in [-0.25, -0.2) is 0 Å². The largest absolute Gasteiger partial charge is 0.460 e. The highest BCUT2D eigenvalue weighted by Crippen LogP contribution is 2.61. The van der Waals surface area contributed by atoms with E-state index in [0.717, 1.165) is 7.11 Å². The van der Waals surface area contributed by atoms with Crippen molar-refractivity contribution in [1.29, 1.82) is 0 Å². The number of methoxy groups -OCH3 is 1. The van der Waals surface area contributed by atoms with Gasteiger partial charge in [0.05, 0.1) is 6.61 Å². The first kappa shape index (κ1) is 28.1. The Balaban J connectivity index is 2.44. The van der Waals surface area contributed by atoms with Crippen LogP contribution in [0, 0.1) is 0 Å². The van der Waals surface area contributed by atoms with Gasteiger partial charge in [-0.3, -0.25) is 0 Å². The quantitative estimate of drug-likeness (QED) is 0.499. The molecule has 196 valence electrons. The number of hydrogen-bond donors (Lipinski definition) is 2. The number of aliphatic hydroxyl groups is 2. The molecule has 0 aromatic carbocycles. The molecule has 6 nitrogen and oxygen atoms in total. The number of aliphatic hydroxyl groups excluding tert-OH is 2. The molecule has 2 aliphatic rings. The zero-order valence-corrected chi connectivity index (χ0v) is 15.6. The van der Waals surface area contributed by atoms with Gasteiger partial charge in [0.25, 0.3) is 0 Å². The van der Waals surface area contributed by atoms with Crippen molar-refractivity contribution in [2.24, 2.45) is 0 Å². The summed E-state index contributed by atoms with van der Waals surface area (Å²) >= 11 is 0. The van der Waals surface area contributed by atoms with Crippen LogP contribution in [-0.4, -0.2) is 96.7 Å². The molecule has 0 radical (unpaired) electrons. The summed E-state index contributed by atoms with van der Waals surface area (Å²) in [6.07, 6.45) is -21.6. The van der Waals surface area contributed by atoms with Gasteiger partial charge in [-0.1, -0.05) is 0 Å². The molecule has 0 spiro atoms. The second-order valence-electron chi connectivity index (χ2n) is 6.90. The fraction of sp³-hybridized carbons (Fsp3) is 1.00. The monoisotopic (exact) mass is 524 g/mol. The summed E-state index contributed by atoms with van der Waals surface area (Å²) in [6.45, 7) is -1.15. The van der Waals surface area contributed by atoms with Crippen LogP contribution in [0.5, 0.6) is 0 Å². The number of halogens is 13. The fourth-order valence-corrected chi connectivity index (χ4v) is 2.97. The lowest BCUT2D eigenvalue weighted by atomic mass is 9.93. The van der Waals surface area contributed by atoms with Gasteiger partial charge in [-0.05, 0) is 0 Å². The van der Waals surface area contributed by atoms with Crippen molar-refractivity contribution in [2.75, 3.05) is 13.7 Å². The first-order valence-electron chi connectivity index (χ1n) is 8.37. The molecule has 0 saturated carbocycles. The molecule has 2 fully saturated rings. The number of alkyl halides is 13. The maximum Gasteiger partial charge on any atom is 0.460 e. The Bertz CT molecular complexity index is 714. The Morgan fingerprint density at radius 1 is 0.697 bits per heavy atom. The van der Waals surface area contributed by atoms with E-state index < -0.39 is 79.4 Å². The second-order valence-corrected chi connectivity index (χ2v) is 6.90. The molecule has 2 heterocycles. The van der Waals surface area contributed by atoms with Gasteiger partial charge in [0, 0.05) is 7.11 Å². The summed E-state index contributed by atoms with van der Waals surface area (Å²) in [7, 11) is 0.863. The Morgan fingerprint density at radius 3 is 1.58 bits per heavy atom. The average Bonchev–Trinajstić information content (AvgIpc) is 3.13. The van der Waals surface area contributed by atoms with Crippen molar-refractivity contribution in [3.8, 4) is 0 Å². The summed E-state index contributed by atoms with van der Waals surface area (Å²) in [5.74, 6) is -38.3. The van der Waals surface area contributed by atoms with E-state index in [4.69, 9.17) is 9.84 Å². The predicted octanol–water partition coefficient (Wildman–Crippen LogP) is 2.56. The SMILES string of the molecule is CO[C@H]1O[C@H](CO)[C@H]2O[C@H](C(F)(F)C(F)(F)C(F)(F)C(F)(F)C(F)(F)C(F)(F)F)O[C@H]2[C@@H]1O. The van der Waals surface area contributed by atoms with E-state index >= 15 is 0 Å². The second kappa shape index (κ2) is 8.21. The van der Waals surface area contributed by atoms with Crippen molar-refractivity contribution in [2.45, 2.75) is 72.8 Å². The molecule has 0 aromatic rings. The van der Waals surface area contributed by atoms with Crippen LogP contribution in [0.1, 0.15) is 0 Å². The van der Waals surface area contributed by atoms with E-state index in [9.17, 15) is 62.2 Å². The van der Waals surface area contributed by atoms with Crippen LogP contribution in [0.4, 0.5) is 57.1 Å². The third-order valence-electron chi connectivity index (χ3n) is 4.84. The first-order valence-corrected chi connectivity index (χ1v) is 8.37. The lowest BCUT2D eigenvalue weighted by Crippen LogP contribution is -2.71. The molecule has 19 heteroatoms. The average molecular weight is 524 g/mol. The highest BCUT2D eigenvalue weighted by atomic mass is 19.4. The Hall–Kier alpha value is -1.15. The van der Waals surface area contributed by atoms with Crippen LogP contribution in [0.3, 0.4) is 0 Å². The molecule has 2 saturated heterocycles. The van der Waals surface area contributed by atoms with Gasteiger partial charge in [-0.2, -0.15) is 57.1 Å². The van der Waals surface area contributed by atoms with Crippen LogP contribution in [-0.2, 0) is 18.9 Å². The molecule has 0 aromatic heterocycles. The van der Waals surface area contributed by atoms with Crippen LogP contribution in [0.15, 0.2) is 0 Å². The van der Waals surface area contributed by atoms with Crippen molar-refractivity contribution >= 4 is 0 Å². The maximum atomic E-state index is 14.2. The van der Waals surface area contributed by atoms with E-state index in [-0.39, 0.29) is 0 Å². The molecule has 2 rings (SSSR count). The first-order chi connectivity index (χ1) is 14.6. The third kappa shape index (κ3) is 3.83. The molecule has 2 aliphatic heterocycles. The summed E-state index contributed by atoms with van der Waals surface area (Å²) in [6, 6.07) is 0. The number of hydrogen-bond acceptors (Lipinski definition) is 6. The Labute approximate surface area is 174 Å². The van der Waals surface area contributed by atoms with E-state index in [1.807, 2.05) is 0 Å². The van der Waals surface area contributed by atoms with E-state index in [1.54, 1.807) is 0 Å². The summed E-state index contributed by atoms with van der Waals surface area (Å²) < 4.78 is 190. The molecular formula is C14H13F13O6. The highest BCUT2D eigenvalue weighted by Gasteiger charge is 2.92. The van der Waals surface area contributed by atoms with E-state index in [2.05, 4.69) is 14.2 Å². The number of rotatable bonds is 7. The van der Waals surface area contributed by atoms with Gasteiger partial charge >= 0.3 is 35.8 Å². The van der Waals surface area contributed by atoms with Crippen molar-refractivity contribution in [1.82, 2.24) is 0 Å². The van der Waals surface area contributed by atoms with Crippen molar-refractivity contribution < 1.29 is 86.2 Å². The molecule has 2 N–H and O–H groups in total. The number of fused-ring (bicyclic) bond motifs is 1. The molecule has 6 atom stereocenters. The molecule has 0 amide bonds. The smallest absolute Gasteiger partial charge is 0.394 e. The van der Waals surface area contributed by atoms with Crippen LogP contribution in [0.25, 0.3) is 0 Å². The van der Waals surface area contributed by atoms with Gasteiger partial charge in [0.1, 0.15) is 24.4 Å². The summed E-state index contributed by atoms with van der Waals surface area (Å²) in [5.41, 5.74) is 0. The summed E-state index contributed by atoms with van der Waals surface area (Å²) in [5, 5.41) is 19.0. The lowest BCUT2D eigenvalue weighted by molar-refractivity contribution is -0.450. The molecule has 33 heavy (non-hydrogen) atoms.